The summed E-state index contributed by atoms with van der Waals surface area (Å²) in [5, 5.41) is 2.17. The first-order valence-electron chi connectivity index (χ1n) is 15.5. The first-order chi connectivity index (χ1) is 20.9. The average molecular weight is 592 g/mol. The summed E-state index contributed by atoms with van der Waals surface area (Å²) in [5.74, 6) is 0. The van der Waals surface area contributed by atoms with E-state index >= 15 is 0 Å². The molecule has 234 valence electrons. The molecule has 0 radical (unpaired) electrons. The zero-order valence-corrected chi connectivity index (χ0v) is 28.9. The van der Waals surface area contributed by atoms with E-state index in [1.54, 1.807) is 0 Å². The van der Waals surface area contributed by atoms with Crippen molar-refractivity contribution in [2.24, 2.45) is 15.7 Å². The smallest absolute Gasteiger partial charge is 0.162 e. The minimum atomic E-state index is 0.736. The van der Waals surface area contributed by atoms with E-state index in [9.17, 15) is 0 Å². The maximum atomic E-state index is 6.03. The Kier molecular flexibility index (Phi) is 17.0. The highest BCUT2D eigenvalue weighted by molar-refractivity contribution is 6.00. The molecule has 0 atom stereocenters. The van der Waals surface area contributed by atoms with Crippen LogP contribution in [0.15, 0.2) is 118 Å². The number of nitrogens with zero attached hydrogens (tertiary/aromatic N) is 2. The largest absolute Gasteiger partial charge is 0.399 e. The van der Waals surface area contributed by atoms with Crippen LogP contribution in [0, 0.1) is 13.8 Å². The molecule has 0 spiro atoms. The Balaban J connectivity index is 0.000000852. The van der Waals surface area contributed by atoms with Gasteiger partial charge in [-0.1, -0.05) is 80.0 Å². The van der Waals surface area contributed by atoms with Crippen LogP contribution in [-0.4, -0.2) is 11.9 Å². The van der Waals surface area contributed by atoms with Crippen molar-refractivity contribution in [1.29, 1.82) is 0 Å². The highest BCUT2D eigenvalue weighted by Crippen LogP contribution is 2.32. The average Bonchev–Trinajstić information content (AvgIpc) is 2.96. The normalized spacial score (nSPS) is 12.9. The maximum absolute atomic E-state index is 6.03. The lowest BCUT2D eigenvalue weighted by molar-refractivity contribution is -0.477. The SMILES string of the molecule is C=C(C)C.C=C(C)C.CC.CCc1cc(C)cc(C=Nc2cc([NH2+]c3ccccc3)c(N=C3C=C(C)C(N)=CC3)cc2C)c1. The number of aryl methyl sites for hydroxylation is 3. The third kappa shape index (κ3) is 14.3. The molecule has 3 aromatic rings. The summed E-state index contributed by atoms with van der Waals surface area (Å²) in [5.41, 5.74) is 20.1. The van der Waals surface area contributed by atoms with E-state index in [0.29, 0.717) is 0 Å². The number of nitrogens with two attached hydrogens (primary N) is 2. The second-order valence-electron chi connectivity index (χ2n) is 11.3. The fraction of sp³-hybridized carbons (Fsp3) is 0.300. The topological polar surface area (TPSA) is 67.3 Å². The minimum Gasteiger partial charge on any atom is -0.399 e. The van der Waals surface area contributed by atoms with E-state index in [1.165, 1.54) is 22.3 Å². The highest BCUT2D eigenvalue weighted by Gasteiger charge is 2.14. The zero-order valence-electron chi connectivity index (χ0n) is 28.9. The van der Waals surface area contributed by atoms with Crippen molar-refractivity contribution in [2.45, 2.75) is 82.1 Å². The number of aliphatic imine (C=N–C) groups is 2. The molecule has 0 amide bonds. The van der Waals surface area contributed by atoms with E-state index in [4.69, 9.17) is 15.7 Å². The van der Waals surface area contributed by atoms with E-state index in [0.717, 1.165) is 63.7 Å². The summed E-state index contributed by atoms with van der Waals surface area (Å²) in [4.78, 5) is 9.88. The summed E-state index contributed by atoms with van der Waals surface area (Å²) < 4.78 is 0. The van der Waals surface area contributed by atoms with Gasteiger partial charge in [0.15, 0.2) is 5.69 Å². The van der Waals surface area contributed by atoms with Crippen molar-refractivity contribution in [3.63, 3.8) is 0 Å². The summed E-state index contributed by atoms with van der Waals surface area (Å²) in [7, 11) is 0. The van der Waals surface area contributed by atoms with Crippen LogP contribution in [-0.2, 0) is 6.42 Å². The molecule has 0 aromatic heterocycles. The molecule has 4 heteroatoms. The van der Waals surface area contributed by atoms with Crippen molar-refractivity contribution in [3.8, 4) is 0 Å². The molecule has 4 rings (SSSR count). The first kappa shape index (κ1) is 37.7. The molecule has 0 unspecified atom stereocenters. The first-order valence-corrected chi connectivity index (χ1v) is 15.5. The molecule has 44 heavy (non-hydrogen) atoms. The van der Waals surface area contributed by atoms with Crippen LogP contribution in [0.5, 0.6) is 0 Å². The third-order valence-electron chi connectivity index (χ3n) is 6.02. The molecule has 1 aliphatic rings. The number of hydrogen-bond acceptors (Lipinski definition) is 3. The Bertz CT molecular complexity index is 1480. The predicted octanol–water partition coefficient (Wildman–Crippen LogP) is 10.6. The second kappa shape index (κ2) is 19.8. The highest BCUT2D eigenvalue weighted by atomic mass is 14.9. The second-order valence-corrected chi connectivity index (χ2v) is 11.3. The van der Waals surface area contributed by atoms with Crippen LogP contribution in [0.1, 0.15) is 84.1 Å². The van der Waals surface area contributed by atoms with Gasteiger partial charge in [-0.05, 0) is 101 Å². The van der Waals surface area contributed by atoms with Crippen LogP contribution in [0.3, 0.4) is 0 Å². The molecule has 0 saturated heterocycles. The van der Waals surface area contributed by atoms with Gasteiger partial charge in [-0.25, -0.2) is 4.99 Å². The lowest BCUT2D eigenvalue weighted by Gasteiger charge is -2.12. The third-order valence-corrected chi connectivity index (χ3v) is 6.02. The lowest BCUT2D eigenvalue weighted by atomic mass is 10.0. The molecule has 4 N–H and O–H groups in total. The number of benzene rings is 3. The van der Waals surface area contributed by atoms with Crippen molar-refractivity contribution in [3.05, 3.63) is 131 Å². The molecule has 0 saturated carbocycles. The molecule has 3 aromatic carbocycles. The Morgan fingerprint density at radius 1 is 0.886 bits per heavy atom. The predicted molar refractivity (Wildman–Crippen MR) is 197 cm³/mol. The quantitative estimate of drug-likeness (QED) is 0.167. The van der Waals surface area contributed by atoms with E-state index in [2.05, 4.69) is 99.9 Å². The Labute approximate surface area is 268 Å². The summed E-state index contributed by atoms with van der Waals surface area (Å²) in [6, 6.07) is 21.2. The van der Waals surface area contributed by atoms with E-state index in [1.807, 2.05) is 66.8 Å². The van der Waals surface area contributed by atoms with Crippen LogP contribution in [0.25, 0.3) is 0 Å². The number of rotatable bonds is 6. The molecule has 0 aliphatic heterocycles. The number of allylic oxidation sites excluding steroid dienone is 5. The van der Waals surface area contributed by atoms with Gasteiger partial charge in [0.25, 0.3) is 0 Å². The maximum Gasteiger partial charge on any atom is 0.162 e. The Hall–Kier alpha value is -4.28. The summed E-state index contributed by atoms with van der Waals surface area (Å²) in [6.07, 6.45) is 7.83. The molecule has 0 heterocycles. The van der Waals surface area contributed by atoms with Crippen molar-refractivity contribution in [2.75, 3.05) is 0 Å². The molecular formula is C40H55N4+. The Morgan fingerprint density at radius 3 is 2.07 bits per heavy atom. The van der Waals surface area contributed by atoms with Crippen molar-refractivity contribution < 1.29 is 5.32 Å². The molecule has 0 fully saturated rings. The van der Waals surface area contributed by atoms with Crippen LogP contribution in [0.2, 0.25) is 0 Å². The molecule has 1 aliphatic carbocycles. The van der Waals surface area contributed by atoms with Gasteiger partial charge in [-0.2, -0.15) is 0 Å². The number of para-hydroxylation sites is 1. The molecule has 0 bridgehead atoms. The van der Waals surface area contributed by atoms with Gasteiger partial charge in [0, 0.05) is 30.1 Å². The minimum absolute atomic E-state index is 0.736. The molecular weight excluding hydrogens is 536 g/mol. The fourth-order valence-corrected chi connectivity index (χ4v) is 4.10. The van der Waals surface area contributed by atoms with Crippen LogP contribution >= 0.6 is 0 Å². The van der Waals surface area contributed by atoms with E-state index < -0.39 is 0 Å². The molecule has 4 nitrogen and oxygen atoms in total. The Morgan fingerprint density at radius 2 is 1.50 bits per heavy atom. The van der Waals surface area contributed by atoms with Crippen LogP contribution in [0.4, 0.5) is 22.7 Å². The van der Waals surface area contributed by atoms with Gasteiger partial charge in [0.05, 0.1) is 5.69 Å². The van der Waals surface area contributed by atoms with Gasteiger partial charge in [0.2, 0.25) is 0 Å². The van der Waals surface area contributed by atoms with E-state index in [-0.39, 0.29) is 0 Å². The lowest BCUT2D eigenvalue weighted by Crippen LogP contribution is -2.71. The zero-order chi connectivity index (χ0) is 33.2. The summed E-state index contributed by atoms with van der Waals surface area (Å²) >= 11 is 0. The monoisotopic (exact) mass is 591 g/mol. The van der Waals surface area contributed by atoms with Gasteiger partial charge < -0.3 is 5.73 Å². The van der Waals surface area contributed by atoms with Gasteiger partial charge >= 0.3 is 0 Å². The van der Waals surface area contributed by atoms with Crippen LogP contribution < -0.4 is 11.1 Å². The number of hydrogen-bond donors (Lipinski definition) is 2. The van der Waals surface area contributed by atoms with Crippen molar-refractivity contribution >= 4 is 34.7 Å². The van der Waals surface area contributed by atoms with Gasteiger partial charge in [-0.15, -0.1) is 13.2 Å². The number of quaternary nitrogens is 1. The van der Waals surface area contributed by atoms with Gasteiger partial charge in [0.1, 0.15) is 11.4 Å². The summed E-state index contributed by atoms with van der Waals surface area (Å²) in [6.45, 7) is 27.4. The standard InChI is InChI=1S/C30H32N4.2C4H8.C2H6/c1-5-23-13-20(2)14-24(17-23)19-32-28-18-30(33-25-9-7-6-8-10-25)29(16-22(28)4)34-26-11-12-27(31)21(3)15-26;2*1-4(2)3;1-2/h6-10,12-19,33H,5,11,31H2,1-4H3;2*1H2,2-3H3;1-2H3/p+1. The fourth-order valence-electron chi connectivity index (χ4n) is 4.10. The van der Waals surface area contributed by atoms with Gasteiger partial charge in [-0.3, -0.25) is 10.3 Å². The van der Waals surface area contributed by atoms with Crippen molar-refractivity contribution in [1.82, 2.24) is 0 Å².